The monoisotopic (exact) mass is 497 g/mol. The highest BCUT2D eigenvalue weighted by molar-refractivity contribution is 7.84. The minimum atomic E-state index is -4.43. The quantitative estimate of drug-likeness (QED) is 0.361. The molecule has 1 spiro atoms. The molecule has 15 heteroatoms. The van der Waals surface area contributed by atoms with Crippen LogP contribution in [0.5, 0.6) is 0 Å². The van der Waals surface area contributed by atoms with Crippen LogP contribution in [-0.4, -0.2) is 79.9 Å². The molecule has 0 radical (unpaired) electrons. The summed E-state index contributed by atoms with van der Waals surface area (Å²) in [5.74, 6) is -0.248. The molecule has 0 bridgehead atoms. The molecule has 4 heterocycles. The number of nitrogens with two attached hydrogens (primary N) is 1. The van der Waals surface area contributed by atoms with Gasteiger partial charge in [-0.1, -0.05) is 18.2 Å². The third-order valence-corrected chi connectivity index (χ3v) is 7.16. The molecule has 2 saturated heterocycles. The van der Waals surface area contributed by atoms with Gasteiger partial charge in [0.25, 0.3) is 5.82 Å². The average molecular weight is 497 g/mol. The van der Waals surface area contributed by atoms with Crippen LogP contribution in [0.25, 0.3) is 0 Å². The molecule has 0 amide bonds. The molecule has 182 valence electrons. The molecular formula is C19H22FN6O7S+. The lowest BCUT2D eigenvalue weighted by atomic mass is 9.89. The molecule has 1 unspecified atom stereocenters. The van der Waals surface area contributed by atoms with Gasteiger partial charge in [-0.15, -0.1) is 0 Å². The van der Waals surface area contributed by atoms with Gasteiger partial charge in [-0.05, 0) is 6.07 Å². The Hall–Kier alpha value is -2.63. The van der Waals surface area contributed by atoms with E-state index in [0.29, 0.717) is 0 Å². The topological polar surface area (TPSA) is 178 Å². The Kier molecular flexibility index (Phi) is 5.61. The van der Waals surface area contributed by atoms with Crippen LogP contribution in [0, 0.1) is 5.82 Å². The minimum absolute atomic E-state index is 0.0818. The number of ether oxygens (including phenoxy) is 2. The van der Waals surface area contributed by atoms with E-state index in [2.05, 4.69) is 19.7 Å². The number of hydrogen-bond donors (Lipinski definition) is 4. The van der Waals surface area contributed by atoms with Gasteiger partial charge in [0.1, 0.15) is 23.8 Å². The number of aromatic nitrogens is 2. The number of aliphatic hydroxyl groups is 2. The van der Waals surface area contributed by atoms with E-state index in [1.165, 1.54) is 30.9 Å². The largest absolute Gasteiger partial charge is 0.382 e. The van der Waals surface area contributed by atoms with E-state index in [9.17, 15) is 23.0 Å². The molecule has 2 aromatic rings. The van der Waals surface area contributed by atoms with Crippen molar-refractivity contribution < 1.29 is 36.7 Å². The first-order valence-corrected chi connectivity index (χ1v) is 11.6. The van der Waals surface area contributed by atoms with E-state index in [0.717, 1.165) is 0 Å². The van der Waals surface area contributed by atoms with Gasteiger partial charge in [-0.25, -0.2) is 9.37 Å². The Morgan fingerprint density at radius 2 is 2.06 bits per heavy atom. The first-order valence-electron chi connectivity index (χ1n) is 10.2. The maximum absolute atomic E-state index is 14.3. The van der Waals surface area contributed by atoms with Crippen molar-refractivity contribution in [1.82, 2.24) is 19.2 Å². The van der Waals surface area contributed by atoms with Crippen molar-refractivity contribution in [3.63, 3.8) is 0 Å². The van der Waals surface area contributed by atoms with Crippen LogP contribution >= 0.6 is 0 Å². The summed E-state index contributed by atoms with van der Waals surface area (Å²) in [7, 11) is -4.43. The predicted molar refractivity (Wildman–Crippen MR) is 115 cm³/mol. The lowest BCUT2D eigenvalue weighted by molar-refractivity contribution is -0.200. The average Bonchev–Trinajstić information content (AvgIpc) is 3.16. The molecule has 1 aromatic heterocycles. The Morgan fingerprint density at radius 3 is 2.76 bits per heavy atom. The summed E-state index contributed by atoms with van der Waals surface area (Å²) in [4.78, 5) is 12.1. The molecule has 4 atom stereocenters. The van der Waals surface area contributed by atoms with Gasteiger partial charge in [0.2, 0.25) is 12.6 Å². The molecule has 3 aliphatic heterocycles. The van der Waals surface area contributed by atoms with Crippen LogP contribution in [0.4, 0.5) is 21.7 Å². The molecule has 34 heavy (non-hydrogen) atoms. The number of nitrogen functional groups attached to an aromatic ring is 1. The number of anilines is 1. The van der Waals surface area contributed by atoms with E-state index in [-0.39, 0.29) is 42.8 Å². The number of quaternary nitrogens is 1. The molecule has 2 fully saturated rings. The molecule has 5 N–H and O–H groups in total. The SMILES string of the molecule is Nc1ncnc2c1N=C[N+]21CO[C@H](COS(=O)(=O)NC2(c3ccccc3F)COC2)[C@@H](O)[C@H]1O. The zero-order chi connectivity index (χ0) is 24.1. The smallest absolute Gasteiger partial charge is 0.336 e. The van der Waals surface area contributed by atoms with Gasteiger partial charge in [0, 0.05) is 5.56 Å². The number of fused-ring (bicyclic) bond motifs is 2. The van der Waals surface area contributed by atoms with Crippen LogP contribution in [-0.2, 0) is 29.5 Å². The third-order valence-electron chi connectivity index (χ3n) is 6.07. The Morgan fingerprint density at radius 1 is 1.29 bits per heavy atom. The van der Waals surface area contributed by atoms with Gasteiger partial charge in [-0.3, -0.25) is 4.18 Å². The maximum atomic E-state index is 14.3. The number of nitrogens with one attached hydrogen (secondary N) is 1. The van der Waals surface area contributed by atoms with Gasteiger partial charge in [-0.2, -0.15) is 27.6 Å². The standard InChI is InChI=1S/C19H22FN6O7S/c20-12-4-2-1-3-11(12)19(6-31-7-19)25-34(29,30)33-5-13-15(27)18(28)26(10-32-13)9-24-14-16(21)22-8-23-17(14)26/h1-4,8-9,13,15,18,25,27-28H,5-7,10H2,(H2,21,22,23)/q+1/t13-,15-,18-,26?/m1/s1. The second kappa shape index (κ2) is 8.24. The van der Waals surface area contributed by atoms with E-state index < -0.39 is 51.2 Å². The summed E-state index contributed by atoms with van der Waals surface area (Å²) in [5, 5.41) is 21.5. The lowest BCUT2D eigenvalue weighted by Gasteiger charge is -2.43. The second-order valence-corrected chi connectivity index (χ2v) is 9.59. The summed E-state index contributed by atoms with van der Waals surface area (Å²) in [6, 6.07) is 5.75. The summed E-state index contributed by atoms with van der Waals surface area (Å²) in [5.41, 5.74) is 4.85. The fraction of sp³-hybridized carbons (Fsp3) is 0.421. The number of aliphatic imine (C=N–C) groups is 1. The first kappa shape index (κ1) is 23.1. The van der Waals surface area contributed by atoms with E-state index >= 15 is 0 Å². The second-order valence-electron chi connectivity index (χ2n) is 8.24. The number of nitrogens with zero attached hydrogens (tertiary/aromatic N) is 4. The van der Waals surface area contributed by atoms with Crippen molar-refractivity contribution in [2.75, 3.05) is 32.3 Å². The third kappa shape index (κ3) is 3.66. The van der Waals surface area contributed by atoms with Crippen LogP contribution < -0.4 is 14.9 Å². The van der Waals surface area contributed by atoms with Crippen molar-refractivity contribution in [3.05, 3.63) is 42.0 Å². The zero-order valence-corrected chi connectivity index (χ0v) is 18.4. The summed E-state index contributed by atoms with van der Waals surface area (Å²) < 4.78 is 57.2. The van der Waals surface area contributed by atoms with Gasteiger partial charge >= 0.3 is 10.3 Å². The molecule has 13 nitrogen and oxygen atoms in total. The Bertz CT molecular complexity index is 1240. The molecule has 3 aliphatic rings. The number of hydrogen-bond acceptors (Lipinski definition) is 11. The van der Waals surface area contributed by atoms with Crippen molar-refractivity contribution in [1.29, 1.82) is 0 Å². The van der Waals surface area contributed by atoms with E-state index in [1.54, 1.807) is 6.07 Å². The van der Waals surface area contributed by atoms with Gasteiger partial charge in [0.15, 0.2) is 24.3 Å². The maximum Gasteiger partial charge on any atom is 0.336 e. The normalized spacial score (nSPS) is 29.7. The predicted octanol–water partition coefficient (Wildman–Crippen LogP) is -1.01. The molecule has 0 saturated carbocycles. The fourth-order valence-electron chi connectivity index (χ4n) is 4.17. The minimum Gasteiger partial charge on any atom is -0.382 e. The molecular weight excluding hydrogens is 475 g/mol. The van der Waals surface area contributed by atoms with Gasteiger partial charge in [0.05, 0.1) is 19.8 Å². The Labute approximate surface area is 193 Å². The molecule has 5 rings (SSSR count). The van der Waals surface area contributed by atoms with Crippen LogP contribution in [0.1, 0.15) is 5.56 Å². The van der Waals surface area contributed by atoms with Crippen molar-refractivity contribution in [2.24, 2.45) is 4.99 Å². The van der Waals surface area contributed by atoms with Crippen molar-refractivity contribution in [3.8, 4) is 0 Å². The highest BCUT2D eigenvalue weighted by Gasteiger charge is 2.55. The summed E-state index contributed by atoms with van der Waals surface area (Å²) >= 11 is 0. The Balaban J connectivity index is 1.27. The van der Waals surface area contributed by atoms with Crippen LogP contribution in [0.2, 0.25) is 0 Å². The van der Waals surface area contributed by atoms with E-state index in [1.807, 2.05) is 0 Å². The number of benzene rings is 1. The number of rotatable bonds is 6. The highest BCUT2D eigenvalue weighted by atomic mass is 32.2. The first-order chi connectivity index (χ1) is 16.2. The molecule has 0 aliphatic carbocycles. The number of aliphatic hydroxyl groups excluding tert-OH is 2. The van der Waals surface area contributed by atoms with Crippen molar-refractivity contribution in [2.45, 2.75) is 24.0 Å². The zero-order valence-electron chi connectivity index (χ0n) is 17.6. The van der Waals surface area contributed by atoms with Crippen LogP contribution in [0.15, 0.2) is 35.6 Å². The van der Waals surface area contributed by atoms with Crippen LogP contribution in [0.3, 0.4) is 0 Å². The lowest BCUT2D eigenvalue weighted by Crippen LogP contribution is -2.68. The van der Waals surface area contributed by atoms with Gasteiger partial charge < -0.3 is 25.4 Å². The number of halogens is 1. The van der Waals surface area contributed by atoms with E-state index in [4.69, 9.17) is 19.4 Å². The highest BCUT2D eigenvalue weighted by Crippen LogP contribution is 2.42. The van der Waals surface area contributed by atoms with Crippen molar-refractivity contribution >= 4 is 34.0 Å². The summed E-state index contributed by atoms with van der Waals surface area (Å²) in [6.45, 7) is -1.000. The molecule has 1 aromatic carbocycles. The summed E-state index contributed by atoms with van der Waals surface area (Å²) in [6.07, 6.45) is -1.74. The fourth-order valence-corrected chi connectivity index (χ4v) is 5.25.